The van der Waals surface area contributed by atoms with Crippen molar-refractivity contribution < 1.29 is 14.7 Å². The molecule has 6 heteroatoms. The Kier molecular flexibility index (Phi) is 5.04. The fourth-order valence-electron chi connectivity index (χ4n) is 1.21. The predicted octanol–water partition coefficient (Wildman–Crippen LogP) is 0.254. The first kappa shape index (κ1) is 12.2. The van der Waals surface area contributed by atoms with Crippen molar-refractivity contribution in [1.29, 1.82) is 0 Å². The number of carbonyl (C=O) groups is 2. The molecule has 0 radical (unpaired) electrons. The van der Waals surface area contributed by atoms with Crippen LogP contribution in [0.4, 0.5) is 0 Å². The Morgan fingerprint density at radius 2 is 2.19 bits per heavy atom. The van der Waals surface area contributed by atoms with E-state index in [9.17, 15) is 9.59 Å². The van der Waals surface area contributed by atoms with Crippen molar-refractivity contribution in [3.8, 4) is 0 Å². The van der Waals surface area contributed by atoms with E-state index >= 15 is 0 Å². The van der Waals surface area contributed by atoms with Crippen LogP contribution in [0.3, 0.4) is 0 Å². The molecule has 0 spiro atoms. The minimum absolute atomic E-state index is 0.0388. The summed E-state index contributed by atoms with van der Waals surface area (Å²) in [5.41, 5.74) is 0. The minimum Gasteiger partial charge on any atom is -0.481 e. The highest BCUT2D eigenvalue weighted by Gasteiger charge is 2.03. The smallest absolute Gasteiger partial charge is 0.303 e. The molecule has 0 aliphatic heterocycles. The van der Waals surface area contributed by atoms with Gasteiger partial charge < -0.3 is 10.4 Å². The lowest BCUT2D eigenvalue weighted by atomic mass is 10.3. The molecule has 0 aliphatic rings. The second-order valence-corrected chi connectivity index (χ2v) is 3.37. The van der Waals surface area contributed by atoms with Gasteiger partial charge in [-0.25, -0.2) is 0 Å². The third kappa shape index (κ3) is 5.14. The molecular weight excluding hydrogens is 210 g/mol. The Morgan fingerprint density at radius 1 is 1.38 bits per heavy atom. The molecule has 6 nitrogen and oxygen atoms in total. The highest BCUT2D eigenvalue weighted by molar-refractivity contribution is 5.80. The van der Waals surface area contributed by atoms with Crippen molar-refractivity contribution in [2.45, 2.75) is 25.8 Å². The van der Waals surface area contributed by atoms with Gasteiger partial charge in [0.1, 0.15) is 0 Å². The molecule has 0 unspecified atom stereocenters. The van der Waals surface area contributed by atoms with Crippen molar-refractivity contribution in [1.82, 2.24) is 15.1 Å². The molecular formula is C10H15N3O3. The SMILES string of the molecule is O=C(O)CCC(=O)NCCCn1cccn1. The zero-order chi connectivity index (χ0) is 11.8. The molecule has 1 heterocycles. The average Bonchev–Trinajstić information content (AvgIpc) is 2.74. The van der Waals surface area contributed by atoms with Crippen molar-refractivity contribution in [3.63, 3.8) is 0 Å². The monoisotopic (exact) mass is 225 g/mol. The quantitative estimate of drug-likeness (QED) is 0.652. The van der Waals surface area contributed by atoms with Gasteiger partial charge in [-0.3, -0.25) is 14.3 Å². The molecule has 1 aromatic rings. The van der Waals surface area contributed by atoms with Crippen LogP contribution < -0.4 is 5.32 Å². The summed E-state index contributed by atoms with van der Waals surface area (Å²) in [6, 6.07) is 1.84. The second kappa shape index (κ2) is 6.60. The maximum absolute atomic E-state index is 11.1. The number of aryl methyl sites for hydroxylation is 1. The van der Waals surface area contributed by atoms with Crippen molar-refractivity contribution in [3.05, 3.63) is 18.5 Å². The Labute approximate surface area is 93.3 Å². The van der Waals surface area contributed by atoms with Gasteiger partial charge in [0, 0.05) is 31.9 Å². The Balaban J connectivity index is 2.02. The predicted molar refractivity (Wildman–Crippen MR) is 56.7 cm³/mol. The first-order chi connectivity index (χ1) is 7.68. The van der Waals surface area contributed by atoms with Gasteiger partial charge in [-0.2, -0.15) is 5.10 Å². The van der Waals surface area contributed by atoms with Crippen LogP contribution >= 0.6 is 0 Å². The first-order valence-corrected chi connectivity index (χ1v) is 5.14. The summed E-state index contributed by atoms with van der Waals surface area (Å²) >= 11 is 0. The number of amides is 1. The summed E-state index contributed by atoms with van der Waals surface area (Å²) in [5.74, 6) is -1.17. The molecule has 2 N–H and O–H groups in total. The van der Waals surface area contributed by atoms with E-state index in [0.29, 0.717) is 6.54 Å². The fourth-order valence-corrected chi connectivity index (χ4v) is 1.21. The van der Waals surface area contributed by atoms with Gasteiger partial charge in [-0.15, -0.1) is 0 Å². The highest BCUT2D eigenvalue weighted by Crippen LogP contribution is 1.90. The molecule has 0 atom stereocenters. The Hall–Kier alpha value is -1.85. The third-order valence-corrected chi connectivity index (χ3v) is 2.01. The number of rotatable bonds is 7. The number of carboxylic acids is 1. The highest BCUT2D eigenvalue weighted by atomic mass is 16.4. The fraction of sp³-hybridized carbons (Fsp3) is 0.500. The van der Waals surface area contributed by atoms with E-state index in [1.165, 1.54) is 0 Å². The van der Waals surface area contributed by atoms with E-state index in [1.807, 2.05) is 12.3 Å². The van der Waals surface area contributed by atoms with E-state index in [-0.39, 0.29) is 18.7 Å². The molecule has 0 fully saturated rings. The van der Waals surface area contributed by atoms with Gasteiger partial charge in [0.2, 0.25) is 5.91 Å². The van der Waals surface area contributed by atoms with E-state index in [0.717, 1.165) is 13.0 Å². The lowest BCUT2D eigenvalue weighted by Crippen LogP contribution is -2.25. The normalized spacial score (nSPS) is 10.0. The number of carbonyl (C=O) groups excluding carboxylic acids is 1. The van der Waals surface area contributed by atoms with Crippen molar-refractivity contribution in [2.24, 2.45) is 0 Å². The largest absolute Gasteiger partial charge is 0.481 e. The van der Waals surface area contributed by atoms with E-state index < -0.39 is 5.97 Å². The Morgan fingerprint density at radius 3 is 2.81 bits per heavy atom. The summed E-state index contributed by atoms with van der Waals surface area (Å²) in [7, 11) is 0. The van der Waals surface area contributed by atoms with Gasteiger partial charge in [0.15, 0.2) is 0 Å². The summed E-state index contributed by atoms with van der Waals surface area (Å²) in [6.07, 6.45) is 4.25. The zero-order valence-electron chi connectivity index (χ0n) is 8.93. The van der Waals surface area contributed by atoms with Crippen LogP contribution in [-0.4, -0.2) is 33.3 Å². The lowest BCUT2D eigenvalue weighted by Gasteiger charge is -2.04. The molecule has 0 aromatic carbocycles. The van der Waals surface area contributed by atoms with Gasteiger partial charge in [0.25, 0.3) is 0 Å². The van der Waals surface area contributed by atoms with E-state index in [2.05, 4.69) is 10.4 Å². The molecule has 0 aliphatic carbocycles. The van der Waals surface area contributed by atoms with Gasteiger partial charge in [-0.05, 0) is 12.5 Å². The standard InChI is InChI=1S/C10H15N3O3/c14-9(3-4-10(15)16)11-5-1-7-13-8-2-6-12-13/h2,6,8H,1,3-5,7H2,(H,11,14)(H,15,16). The number of hydrogen-bond acceptors (Lipinski definition) is 3. The van der Waals surface area contributed by atoms with E-state index in [4.69, 9.17) is 5.11 Å². The molecule has 0 saturated heterocycles. The number of aliphatic carboxylic acids is 1. The number of nitrogens with zero attached hydrogens (tertiary/aromatic N) is 2. The average molecular weight is 225 g/mol. The van der Waals surface area contributed by atoms with Crippen LogP contribution in [0.2, 0.25) is 0 Å². The van der Waals surface area contributed by atoms with E-state index in [1.54, 1.807) is 10.9 Å². The molecule has 88 valence electrons. The van der Waals surface area contributed by atoms with Crippen LogP contribution in [0.1, 0.15) is 19.3 Å². The molecule has 0 saturated carbocycles. The second-order valence-electron chi connectivity index (χ2n) is 3.37. The van der Waals surface area contributed by atoms with Gasteiger partial charge >= 0.3 is 5.97 Å². The maximum Gasteiger partial charge on any atom is 0.303 e. The molecule has 16 heavy (non-hydrogen) atoms. The summed E-state index contributed by atoms with van der Waals surface area (Å²) < 4.78 is 1.78. The zero-order valence-corrected chi connectivity index (χ0v) is 8.93. The van der Waals surface area contributed by atoms with Crippen LogP contribution in [0.15, 0.2) is 18.5 Å². The van der Waals surface area contributed by atoms with Crippen LogP contribution in [0.25, 0.3) is 0 Å². The lowest BCUT2D eigenvalue weighted by molar-refractivity contribution is -0.138. The molecule has 1 amide bonds. The van der Waals surface area contributed by atoms with Crippen LogP contribution in [-0.2, 0) is 16.1 Å². The first-order valence-electron chi connectivity index (χ1n) is 5.14. The summed E-state index contributed by atoms with van der Waals surface area (Å²) in [4.78, 5) is 21.3. The van der Waals surface area contributed by atoms with Gasteiger partial charge in [0.05, 0.1) is 6.42 Å². The maximum atomic E-state index is 11.1. The number of hydrogen-bond donors (Lipinski definition) is 2. The topological polar surface area (TPSA) is 84.2 Å². The minimum atomic E-state index is -0.952. The van der Waals surface area contributed by atoms with Crippen molar-refractivity contribution in [2.75, 3.05) is 6.54 Å². The third-order valence-electron chi connectivity index (χ3n) is 2.01. The van der Waals surface area contributed by atoms with Gasteiger partial charge in [-0.1, -0.05) is 0 Å². The molecule has 0 bridgehead atoms. The van der Waals surface area contributed by atoms with Crippen LogP contribution in [0, 0.1) is 0 Å². The molecule has 1 rings (SSSR count). The number of aromatic nitrogens is 2. The van der Waals surface area contributed by atoms with Crippen molar-refractivity contribution >= 4 is 11.9 Å². The van der Waals surface area contributed by atoms with Crippen LogP contribution in [0.5, 0.6) is 0 Å². The Bertz CT molecular complexity index is 335. The molecule has 1 aromatic heterocycles. The number of nitrogens with one attached hydrogen (secondary N) is 1. The summed E-state index contributed by atoms with van der Waals surface area (Å²) in [5, 5.41) is 15.0. The summed E-state index contributed by atoms with van der Waals surface area (Å²) in [6.45, 7) is 1.28. The number of carboxylic acid groups (broad SMARTS) is 1.